The molecule has 2 nitrogen and oxygen atoms in total. The van der Waals surface area contributed by atoms with Gasteiger partial charge >= 0.3 is 0 Å². The third-order valence-electron chi connectivity index (χ3n) is 4.43. The monoisotopic (exact) mass is 334 g/mol. The highest BCUT2D eigenvalue weighted by atomic mass is 35.5. The molecule has 1 heterocycles. The first-order valence-corrected chi connectivity index (χ1v) is 7.71. The molecular weight excluding hydrogens is 313 g/mol. The highest BCUT2D eigenvalue weighted by molar-refractivity contribution is 5.85. The number of nitrogens with one attached hydrogen (secondary N) is 1. The molecular formula is C16H22ClF3N2. The maximum Gasteiger partial charge on any atom is 0.194 e. The quantitative estimate of drug-likeness (QED) is 0.829. The van der Waals surface area contributed by atoms with Crippen molar-refractivity contribution in [2.24, 2.45) is 5.92 Å². The highest BCUT2D eigenvalue weighted by Crippen LogP contribution is 2.28. The van der Waals surface area contributed by atoms with Crippen molar-refractivity contribution in [3.63, 3.8) is 0 Å². The van der Waals surface area contributed by atoms with Gasteiger partial charge in [0.2, 0.25) is 0 Å². The number of benzene rings is 1. The molecule has 0 aromatic heterocycles. The van der Waals surface area contributed by atoms with E-state index in [1.54, 1.807) is 0 Å². The van der Waals surface area contributed by atoms with Gasteiger partial charge in [-0.3, -0.25) is 4.90 Å². The molecule has 0 radical (unpaired) electrons. The summed E-state index contributed by atoms with van der Waals surface area (Å²) < 4.78 is 39.3. The van der Waals surface area contributed by atoms with E-state index in [9.17, 15) is 13.2 Å². The van der Waals surface area contributed by atoms with Crippen molar-refractivity contribution in [3.05, 3.63) is 35.1 Å². The summed E-state index contributed by atoms with van der Waals surface area (Å²) in [5.74, 6) is -2.72. The maximum atomic E-state index is 13.2. The van der Waals surface area contributed by atoms with Crippen LogP contribution >= 0.6 is 12.4 Å². The number of halogens is 4. The number of hydrogen-bond acceptors (Lipinski definition) is 2. The Morgan fingerprint density at radius 3 is 2.14 bits per heavy atom. The van der Waals surface area contributed by atoms with Crippen LogP contribution in [0, 0.1) is 23.4 Å². The minimum atomic E-state index is -1.39. The summed E-state index contributed by atoms with van der Waals surface area (Å²) in [4.78, 5) is 2.17. The van der Waals surface area contributed by atoms with Crippen LogP contribution in [0.5, 0.6) is 0 Å². The number of hydrogen-bond donors (Lipinski definition) is 1. The maximum absolute atomic E-state index is 13.2. The van der Waals surface area contributed by atoms with Gasteiger partial charge in [-0.15, -0.1) is 12.4 Å². The summed E-state index contributed by atoms with van der Waals surface area (Å²) >= 11 is 0. The molecule has 1 aliphatic heterocycles. The molecule has 22 heavy (non-hydrogen) atoms. The van der Waals surface area contributed by atoms with Crippen LogP contribution in [0.3, 0.4) is 0 Å². The van der Waals surface area contributed by atoms with Gasteiger partial charge in [0.05, 0.1) is 0 Å². The zero-order valence-corrected chi connectivity index (χ0v) is 13.3. The molecule has 1 saturated carbocycles. The van der Waals surface area contributed by atoms with E-state index in [1.165, 1.54) is 12.8 Å². The second-order valence-corrected chi connectivity index (χ2v) is 6.28. The summed E-state index contributed by atoms with van der Waals surface area (Å²) in [5.41, 5.74) is 0.496. The Kier molecular flexibility index (Phi) is 6.12. The van der Waals surface area contributed by atoms with Gasteiger partial charge in [-0.25, -0.2) is 13.2 Å². The SMILES string of the molecule is Cl.Fc1cc(CN2CCC(NCC3CC3)CC2)cc(F)c1F. The lowest BCUT2D eigenvalue weighted by molar-refractivity contribution is 0.189. The molecule has 0 amide bonds. The van der Waals surface area contributed by atoms with Crippen LogP contribution in [0.2, 0.25) is 0 Å². The van der Waals surface area contributed by atoms with Crippen LogP contribution in [0.25, 0.3) is 0 Å². The molecule has 1 aromatic carbocycles. The lowest BCUT2D eigenvalue weighted by atomic mass is 10.0. The Hall–Kier alpha value is -0.780. The van der Waals surface area contributed by atoms with Gasteiger partial charge in [-0.1, -0.05) is 0 Å². The van der Waals surface area contributed by atoms with Crippen LogP contribution in [0.4, 0.5) is 13.2 Å². The second kappa shape index (κ2) is 7.66. The van der Waals surface area contributed by atoms with Crippen LogP contribution in [-0.2, 0) is 6.54 Å². The lowest BCUT2D eigenvalue weighted by Gasteiger charge is -2.32. The zero-order valence-electron chi connectivity index (χ0n) is 12.5. The van der Waals surface area contributed by atoms with Gasteiger partial charge in [-0.05, 0) is 68.9 Å². The van der Waals surface area contributed by atoms with Crippen molar-refractivity contribution in [3.8, 4) is 0 Å². The van der Waals surface area contributed by atoms with E-state index in [1.807, 2.05) is 0 Å². The number of likely N-dealkylation sites (tertiary alicyclic amines) is 1. The van der Waals surface area contributed by atoms with Gasteiger partial charge in [0.25, 0.3) is 0 Å². The van der Waals surface area contributed by atoms with Gasteiger partial charge < -0.3 is 5.32 Å². The number of nitrogens with zero attached hydrogens (tertiary/aromatic N) is 1. The van der Waals surface area contributed by atoms with Gasteiger partial charge in [0.15, 0.2) is 17.5 Å². The van der Waals surface area contributed by atoms with Crippen molar-refractivity contribution >= 4 is 12.4 Å². The second-order valence-electron chi connectivity index (χ2n) is 6.28. The van der Waals surface area contributed by atoms with E-state index < -0.39 is 17.5 Å². The topological polar surface area (TPSA) is 15.3 Å². The molecule has 0 spiro atoms. The minimum Gasteiger partial charge on any atom is -0.314 e. The Balaban J connectivity index is 0.00000176. The summed E-state index contributed by atoms with van der Waals surface area (Å²) in [6, 6.07) is 2.75. The first-order valence-electron chi connectivity index (χ1n) is 7.71. The molecule has 2 fully saturated rings. The predicted molar refractivity (Wildman–Crippen MR) is 82.6 cm³/mol. The van der Waals surface area contributed by atoms with E-state index in [4.69, 9.17) is 0 Å². The summed E-state index contributed by atoms with van der Waals surface area (Å²) in [6.07, 6.45) is 4.82. The fourth-order valence-corrected chi connectivity index (χ4v) is 2.91. The Morgan fingerprint density at radius 2 is 1.59 bits per heavy atom. The molecule has 0 atom stereocenters. The van der Waals surface area contributed by atoms with Crippen molar-refractivity contribution in [2.75, 3.05) is 19.6 Å². The molecule has 3 rings (SSSR count). The predicted octanol–water partition coefficient (Wildman–Crippen LogP) is 3.49. The summed E-state index contributed by atoms with van der Waals surface area (Å²) in [5, 5.41) is 3.60. The van der Waals surface area contributed by atoms with E-state index in [-0.39, 0.29) is 12.4 Å². The van der Waals surface area contributed by atoms with Gasteiger partial charge in [0.1, 0.15) is 0 Å². The Labute approximate surface area is 135 Å². The first-order chi connectivity index (χ1) is 10.1. The standard InChI is InChI=1S/C16H21F3N2.ClH/c17-14-7-12(8-15(18)16(14)19)10-21-5-3-13(4-6-21)20-9-11-1-2-11;/h7-8,11,13,20H,1-6,9-10H2;1H. The van der Waals surface area contributed by atoms with E-state index >= 15 is 0 Å². The third-order valence-corrected chi connectivity index (χ3v) is 4.43. The average Bonchev–Trinajstić information content (AvgIpc) is 3.28. The van der Waals surface area contributed by atoms with Crippen LogP contribution in [0.15, 0.2) is 12.1 Å². The molecule has 1 aliphatic carbocycles. The van der Waals surface area contributed by atoms with E-state index in [0.29, 0.717) is 18.2 Å². The fraction of sp³-hybridized carbons (Fsp3) is 0.625. The van der Waals surface area contributed by atoms with E-state index in [0.717, 1.165) is 50.5 Å². The van der Waals surface area contributed by atoms with Gasteiger partial charge in [-0.2, -0.15) is 0 Å². The molecule has 1 saturated heterocycles. The van der Waals surface area contributed by atoms with Crippen molar-refractivity contribution < 1.29 is 13.2 Å². The van der Waals surface area contributed by atoms with E-state index in [2.05, 4.69) is 10.2 Å². The first kappa shape index (κ1) is 17.6. The number of piperidine rings is 1. The molecule has 6 heteroatoms. The van der Waals surface area contributed by atoms with Crippen molar-refractivity contribution in [2.45, 2.75) is 38.3 Å². The highest BCUT2D eigenvalue weighted by Gasteiger charge is 2.24. The average molecular weight is 335 g/mol. The Bertz CT molecular complexity index is 477. The fourth-order valence-electron chi connectivity index (χ4n) is 2.91. The van der Waals surface area contributed by atoms with Crippen molar-refractivity contribution in [1.29, 1.82) is 0 Å². The van der Waals surface area contributed by atoms with Crippen LogP contribution < -0.4 is 5.32 Å². The molecule has 124 valence electrons. The summed E-state index contributed by atoms with van der Waals surface area (Å²) in [7, 11) is 0. The minimum absolute atomic E-state index is 0. The molecule has 2 aliphatic rings. The lowest BCUT2D eigenvalue weighted by Crippen LogP contribution is -2.42. The van der Waals surface area contributed by atoms with Crippen LogP contribution in [0.1, 0.15) is 31.2 Å². The Morgan fingerprint density at radius 1 is 1.00 bits per heavy atom. The largest absolute Gasteiger partial charge is 0.314 e. The van der Waals surface area contributed by atoms with Gasteiger partial charge in [0, 0.05) is 12.6 Å². The zero-order chi connectivity index (χ0) is 14.8. The molecule has 0 bridgehead atoms. The molecule has 1 N–H and O–H groups in total. The smallest absolute Gasteiger partial charge is 0.194 e. The number of rotatable bonds is 5. The third kappa shape index (κ3) is 4.61. The summed E-state index contributed by atoms with van der Waals surface area (Å²) in [6.45, 7) is 3.41. The normalized spacial score (nSPS) is 20.0. The molecule has 0 unspecified atom stereocenters. The van der Waals surface area contributed by atoms with Crippen molar-refractivity contribution in [1.82, 2.24) is 10.2 Å². The molecule has 1 aromatic rings. The van der Waals surface area contributed by atoms with Crippen LogP contribution in [-0.4, -0.2) is 30.6 Å².